The molecule has 1 rings (SSSR count). The average Bonchev–Trinajstić information content (AvgIpc) is 2.35. The molecule has 0 heterocycles. The van der Waals surface area contributed by atoms with Crippen molar-refractivity contribution >= 4 is 18.3 Å². The van der Waals surface area contributed by atoms with E-state index in [1.165, 1.54) is 0 Å². The molecule has 0 aliphatic rings. The molecule has 1 aromatic rings. The number of hydrogen-bond acceptors (Lipinski definition) is 3. The fraction of sp³-hybridized carbons (Fsp3) is 0.533. The Hall–Kier alpha value is -1.26. The Morgan fingerprint density at radius 3 is 2.70 bits per heavy atom. The highest BCUT2D eigenvalue weighted by molar-refractivity contribution is 5.85. The third-order valence-corrected chi connectivity index (χ3v) is 2.83. The van der Waals surface area contributed by atoms with E-state index in [2.05, 4.69) is 5.32 Å². The van der Waals surface area contributed by atoms with Gasteiger partial charge in [-0.15, -0.1) is 12.4 Å². The van der Waals surface area contributed by atoms with E-state index in [4.69, 9.17) is 10.5 Å². The number of ether oxygens (including phenoxy) is 1. The molecule has 4 nitrogen and oxygen atoms in total. The second-order valence-corrected chi connectivity index (χ2v) is 4.89. The number of amides is 1. The van der Waals surface area contributed by atoms with Crippen molar-refractivity contribution in [3.05, 3.63) is 29.8 Å². The summed E-state index contributed by atoms with van der Waals surface area (Å²) in [5, 5.41) is 2.86. The van der Waals surface area contributed by atoms with E-state index in [0.717, 1.165) is 17.7 Å². The topological polar surface area (TPSA) is 64.3 Å². The summed E-state index contributed by atoms with van der Waals surface area (Å²) in [6.45, 7) is 6.44. The van der Waals surface area contributed by atoms with Gasteiger partial charge in [0.15, 0.2) is 6.10 Å². The summed E-state index contributed by atoms with van der Waals surface area (Å²) < 4.78 is 5.72. The Bertz CT molecular complexity index is 411. The van der Waals surface area contributed by atoms with Gasteiger partial charge in [-0.1, -0.05) is 19.1 Å². The first-order valence-corrected chi connectivity index (χ1v) is 6.79. The van der Waals surface area contributed by atoms with Crippen molar-refractivity contribution in [3.8, 4) is 5.75 Å². The minimum absolute atomic E-state index is 0. The summed E-state index contributed by atoms with van der Waals surface area (Å²) in [7, 11) is 0. The molecule has 0 spiro atoms. The highest BCUT2D eigenvalue weighted by Crippen LogP contribution is 2.15. The average molecular weight is 301 g/mol. The van der Waals surface area contributed by atoms with E-state index < -0.39 is 6.10 Å². The number of carbonyl (C=O) groups excluding carboxylic acids is 1. The second-order valence-electron chi connectivity index (χ2n) is 4.89. The molecule has 0 radical (unpaired) electrons. The van der Waals surface area contributed by atoms with Gasteiger partial charge in [0.25, 0.3) is 5.91 Å². The number of halogens is 1. The summed E-state index contributed by atoms with van der Waals surface area (Å²) in [5.41, 5.74) is 6.76. The summed E-state index contributed by atoms with van der Waals surface area (Å²) in [6, 6.07) is 7.81. The number of nitrogens with two attached hydrogens (primary N) is 1. The van der Waals surface area contributed by atoms with Crippen molar-refractivity contribution < 1.29 is 9.53 Å². The Morgan fingerprint density at radius 1 is 1.45 bits per heavy atom. The van der Waals surface area contributed by atoms with Crippen molar-refractivity contribution in [2.75, 3.05) is 6.54 Å². The van der Waals surface area contributed by atoms with Gasteiger partial charge in [0.05, 0.1) is 0 Å². The van der Waals surface area contributed by atoms with Crippen molar-refractivity contribution in [1.82, 2.24) is 5.32 Å². The largest absolute Gasteiger partial charge is 0.481 e. The molecule has 0 saturated carbocycles. The molecule has 5 heteroatoms. The quantitative estimate of drug-likeness (QED) is 0.813. The van der Waals surface area contributed by atoms with Crippen LogP contribution in [-0.2, 0) is 4.79 Å². The zero-order valence-electron chi connectivity index (χ0n) is 12.4. The minimum Gasteiger partial charge on any atom is -0.481 e. The molecule has 0 aliphatic heterocycles. The molecule has 114 valence electrons. The van der Waals surface area contributed by atoms with E-state index in [1.807, 2.05) is 45.0 Å². The molecule has 1 amide bonds. The van der Waals surface area contributed by atoms with Gasteiger partial charge in [-0.05, 0) is 44.4 Å². The summed E-state index contributed by atoms with van der Waals surface area (Å²) >= 11 is 0. The summed E-state index contributed by atoms with van der Waals surface area (Å²) in [4.78, 5) is 12.0. The monoisotopic (exact) mass is 300 g/mol. The van der Waals surface area contributed by atoms with Crippen LogP contribution in [0, 0.1) is 6.92 Å². The van der Waals surface area contributed by atoms with Crippen molar-refractivity contribution in [2.45, 2.75) is 45.8 Å². The first-order chi connectivity index (χ1) is 9.02. The smallest absolute Gasteiger partial charge is 0.261 e. The molecular weight excluding hydrogens is 276 g/mol. The predicted octanol–water partition coefficient (Wildman–Crippen LogP) is 2.43. The van der Waals surface area contributed by atoms with Gasteiger partial charge in [-0.25, -0.2) is 0 Å². The van der Waals surface area contributed by atoms with Crippen LogP contribution in [0.1, 0.15) is 32.3 Å². The fourth-order valence-electron chi connectivity index (χ4n) is 1.71. The molecule has 3 N–H and O–H groups in total. The molecule has 20 heavy (non-hydrogen) atoms. The standard InChI is InChI=1S/C15H24N2O2.ClH/c1-4-14(15(18)17-9-8-12(3)16)19-13-7-5-6-11(2)10-13;/h5-7,10,12,14H,4,8-9,16H2,1-3H3,(H,17,18);1H. The number of rotatable bonds is 7. The molecule has 0 aromatic heterocycles. The molecular formula is C15H25ClN2O2. The Balaban J connectivity index is 0.00000361. The van der Waals surface area contributed by atoms with E-state index in [1.54, 1.807) is 0 Å². The SMILES string of the molecule is CCC(Oc1cccc(C)c1)C(=O)NCCC(C)N.Cl. The second kappa shape index (κ2) is 9.61. The highest BCUT2D eigenvalue weighted by atomic mass is 35.5. The number of nitrogens with one attached hydrogen (secondary N) is 1. The lowest BCUT2D eigenvalue weighted by Gasteiger charge is -2.18. The van der Waals surface area contributed by atoms with E-state index in [-0.39, 0.29) is 24.4 Å². The van der Waals surface area contributed by atoms with Crippen molar-refractivity contribution in [2.24, 2.45) is 5.73 Å². The maximum absolute atomic E-state index is 12.0. The number of benzene rings is 1. The normalized spacial score (nSPS) is 13.0. The van der Waals surface area contributed by atoms with Crippen LogP contribution in [0.2, 0.25) is 0 Å². The molecule has 2 atom stereocenters. The Labute approximate surface area is 127 Å². The van der Waals surface area contributed by atoms with Gasteiger partial charge in [-0.2, -0.15) is 0 Å². The third kappa shape index (κ3) is 6.78. The first kappa shape index (κ1) is 18.7. The van der Waals surface area contributed by atoms with Gasteiger partial charge in [0.1, 0.15) is 5.75 Å². The Kier molecular flexibility index (Phi) is 9.01. The first-order valence-electron chi connectivity index (χ1n) is 6.79. The lowest BCUT2D eigenvalue weighted by molar-refractivity contribution is -0.128. The maximum Gasteiger partial charge on any atom is 0.261 e. The molecule has 1 aromatic carbocycles. The van der Waals surface area contributed by atoms with E-state index in [9.17, 15) is 4.79 Å². The zero-order valence-corrected chi connectivity index (χ0v) is 13.2. The molecule has 0 bridgehead atoms. The highest BCUT2D eigenvalue weighted by Gasteiger charge is 2.17. The molecule has 0 fully saturated rings. The fourth-order valence-corrected chi connectivity index (χ4v) is 1.71. The van der Waals surface area contributed by atoms with Crippen molar-refractivity contribution in [1.29, 1.82) is 0 Å². The van der Waals surface area contributed by atoms with Crippen molar-refractivity contribution in [3.63, 3.8) is 0 Å². The van der Waals surface area contributed by atoms with Gasteiger partial charge >= 0.3 is 0 Å². The lowest BCUT2D eigenvalue weighted by Crippen LogP contribution is -2.39. The Morgan fingerprint density at radius 2 is 2.15 bits per heavy atom. The third-order valence-electron chi connectivity index (χ3n) is 2.83. The van der Waals surface area contributed by atoms with Gasteiger partial charge in [-0.3, -0.25) is 4.79 Å². The van der Waals surface area contributed by atoms with Gasteiger partial charge in [0, 0.05) is 12.6 Å². The van der Waals surface area contributed by atoms with Crippen LogP contribution in [0.5, 0.6) is 5.75 Å². The van der Waals surface area contributed by atoms with Crippen LogP contribution < -0.4 is 15.8 Å². The van der Waals surface area contributed by atoms with Gasteiger partial charge in [0.2, 0.25) is 0 Å². The van der Waals surface area contributed by atoms with Crippen LogP contribution >= 0.6 is 12.4 Å². The maximum atomic E-state index is 12.0. The molecule has 2 unspecified atom stereocenters. The predicted molar refractivity (Wildman–Crippen MR) is 84.4 cm³/mol. The number of carbonyl (C=O) groups is 1. The minimum atomic E-state index is -0.449. The van der Waals surface area contributed by atoms with Crippen LogP contribution in [0.15, 0.2) is 24.3 Å². The van der Waals surface area contributed by atoms with Crippen LogP contribution in [0.4, 0.5) is 0 Å². The van der Waals surface area contributed by atoms with Crippen LogP contribution in [0.25, 0.3) is 0 Å². The van der Waals surface area contributed by atoms with Crippen LogP contribution in [0.3, 0.4) is 0 Å². The summed E-state index contributed by atoms with van der Waals surface area (Å²) in [6.07, 6.45) is 0.958. The van der Waals surface area contributed by atoms with E-state index >= 15 is 0 Å². The molecule has 0 saturated heterocycles. The van der Waals surface area contributed by atoms with E-state index in [0.29, 0.717) is 13.0 Å². The molecule has 0 aliphatic carbocycles. The van der Waals surface area contributed by atoms with Crippen LogP contribution in [-0.4, -0.2) is 24.6 Å². The number of aryl methyl sites for hydroxylation is 1. The van der Waals surface area contributed by atoms with Gasteiger partial charge < -0.3 is 15.8 Å². The zero-order chi connectivity index (χ0) is 14.3. The lowest BCUT2D eigenvalue weighted by atomic mass is 10.2. The summed E-state index contributed by atoms with van der Waals surface area (Å²) in [5.74, 6) is 0.652. The number of hydrogen-bond donors (Lipinski definition) is 2.